The normalized spacial score (nSPS) is 19.0. The second-order valence-corrected chi connectivity index (χ2v) is 5.66. The molecule has 124 valence electrons. The highest BCUT2D eigenvalue weighted by Crippen LogP contribution is 2.30. The summed E-state index contributed by atoms with van der Waals surface area (Å²) in [7, 11) is 0. The van der Waals surface area contributed by atoms with E-state index < -0.39 is 6.35 Å². The van der Waals surface area contributed by atoms with Gasteiger partial charge in [-0.15, -0.1) is 5.48 Å². The fourth-order valence-electron chi connectivity index (χ4n) is 2.36. The number of amidine groups is 1. The molecule has 0 amide bonds. The molecule has 0 aliphatic carbocycles. The minimum atomic E-state index is -0.423. The van der Waals surface area contributed by atoms with Crippen LogP contribution < -0.4 is 21.1 Å². The van der Waals surface area contributed by atoms with E-state index in [1.807, 2.05) is 31.2 Å². The van der Waals surface area contributed by atoms with Gasteiger partial charge in [0.25, 0.3) is 0 Å². The molecule has 2 aromatic rings. The summed E-state index contributed by atoms with van der Waals surface area (Å²) in [6, 6.07) is 12.5. The molecule has 0 spiro atoms. The van der Waals surface area contributed by atoms with E-state index in [2.05, 4.69) is 16.2 Å². The number of phenolic OH excluding ortho intramolecular Hbond substituents is 1. The van der Waals surface area contributed by atoms with Gasteiger partial charge in [0, 0.05) is 11.1 Å². The van der Waals surface area contributed by atoms with Gasteiger partial charge in [0.05, 0.1) is 11.4 Å². The largest absolute Gasteiger partial charge is 0.508 e. The lowest BCUT2D eigenvalue weighted by Crippen LogP contribution is -2.36. The maximum Gasteiger partial charge on any atom is 0.340 e. The summed E-state index contributed by atoms with van der Waals surface area (Å²) in [5.41, 5.74) is 7.73. The number of hydrogen-bond acceptors (Lipinski definition) is 8. The van der Waals surface area contributed by atoms with Gasteiger partial charge >= 0.3 is 6.02 Å². The Bertz CT molecular complexity index is 811. The molecule has 24 heavy (non-hydrogen) atoms. The first kappa shape index (κ1) is 15.0. The average molecular weight is 348 g/mol. The fourth-order valence-corrected chi connectivity index (χ4v) is 2.53. The topological polar surface area (TPSA) is 94.8 Å². The number of halogens is 1. The molecule has 3 N–H and O–H groups in total. The molecule has 2 aromatic carbocycles. The Kier molecular flexibility index (Phi) is 3.66. The summed E-state index contributed by atoms with van der Waals surface area (Å²) in [5, 5.41) is 16.2. The smallest absolute Gasteiger partial charge is 0.340 e. The maximum atomic E-state index is 9.69. The Morgan fingerprint density at radius 2 is 2.08 bits per heavy atom. The van der Waals surface area contributed by atoms with Crippen LogP contribution in [0.4, 0.5) is 11.4 Å². The number of benzene rings is 2. The molecule has 0 radical (unpaired) electrons. The highest BCUT2D eigenvalue weighted by molar-refractivity contribution is 6.31. The monoisotopic (exact) mass is 347 g/mol. The lowest BCUT2D eigenvalue weighted by atomic mass is 10.2. The highest BCUT2D eigenvalue weighted by Gasteiger charge is 2.38. The molecule has 1 fully saturated rings. The Morgan fingerprint density at radius 1 is 1.29 bits per heavy atom. The summed E-state index contributed by atoms with van der Waals surface area (Å²) in [6.45, 7) is 1.89. The number of aromatic hydroxyl groups is 1. The van der Waals surface area contributed by atoms with E-state index in [0.29, 0.717) is 10.7 Å². The van der Waals surface area contributed by atoms with Crippen LogP contribution in [0.1, 0.15) is 5.56 Å². The van der Waals surface area contributed by atoms with Gasteiger partial charge < -0.3 is 9.94 Å². The number of hydrazone groups is 1. The van der Waals surface area contributed by atoms with Gasteiger partial charge in [-0.1, -0.05) is 28.8 Å². The molecule has 2 aliphatic heterocycles. The zero-order chi connectivity index (χ0) is 16.7. The minimum absolute atomic E-state index is 0.132. The SMILES string of the molecule is Cc1c(Cl)cccc1N1N=C(N(c2cccc(O)c2)C2NO2)ON1. The van der Waals surface area contributed by atoms with E-state index in [-0.39, 0.29) is 11.8 Å². The molecule has 0 saturated carbocycles. The summed E-state index contributed by atoms with van der Waals surface area (Å²) < 4.78 is 0. The average Bonchev–Trinajstić information content (AvgIpc) is 3.28. The first-order valence-electron chi connectivity index (χ1n) is 7.19. The van der Waals surface area contributed by atoms with Crippen LogP contribution in [0.5, 0.6) is 5.75 Å². The Balaban J connectivity index is 1.66. The molecule has 0 aromatic heterocycles. The number of hydrazine groups is 1. The molecule has 1 saturated heterocycles. The van der Waals surface area contributed by atoms with Crippen molar-refractivity contribution in [2.45, 2.75) is 13.3 Å². The third-order valence-electron chi connectivity index (χ3n) is 3.65. The highest BCUT2D eigenvalue weighted by atomic mass is 35.5. The van der Waals surface area contributed by atoms with Crippen molar-refractivity contribution in [2.24, 2.45) is 5.10 Å². The van der Waals surface area contributed by atoms with E-state index >= 15 is 0 Å². The minimum Gasteiger partial charge on any atom is -0.508 e. The van der Waals surface area contributed by atoms with E-state index in [0.717, 1.165) is 11.3 Å². The third kappa shape index (κ3) is 2.72. The van der Waals surface area contributed by atoms with E-state index in [1.165, 1.54) is 5.12 Å². The molecule has 8 nitrogen and oxygen atoms in total. The van der Waals surface area contributed by atoms with Crippen LogP contribution in [0.15, 0.2) is 47.6 Å². The van der Waals surface area contributed by atoms with E-state index in [1.54, 1.807) is 23.1 Å². The third-order valence-corrected chi connectivity index (χ3v) is 4.06. The molecule has 2 heterocycles. The van der Waals surface area contributed by atoms with Crippen LogP contribution >= 0.6 is 11.6 Å². The van der Waals surface area contributed by atoms with Gasteiger partial charge in [-0.25, -0.2) is 0 Å². The zero-order valence-electron chi connectivity index (χ0n) is 12.6. The van der Waals surface area contributed by atoms with Crippen molar-refractivity contribution in [3.05, 3.63) is 53.1 Å². The van der Waals surface area contributed by atoms with Crippen LogP contribution in [0.2, 0.25) is 5.02 Å². The van der Waals surface area contributed by atoms with Gasteiger partial charge in [0.15, 0.2) is 0 Å². The van der Waals surface area contributed by atoms with Crippen molar-refractivity contribution in [2.75, 3.05) is 10.0 Å². The molecule has 9 heteroatoms. The lowest BCUT2D eigenvalue weighted by Gasteiger charge is -2.18. The zero-order valence-corrected chi connectivity index (χ0v) is 13.4. The number of rotatable bonds is 3. The summed E-state index contributed by atoms with van der Waals surface area (Å²) in [5.74, 6) is 0.132. The summed E-state index contributed by atoms with van der Waals surface area (Å²) >= 11 is 6.15. The number of nitrogens with one attached hydrogen (secondary N) is 2. The van der Waals surface area contributed by atoms with Crippen LogP contribution in [-0.4, -0.2) is 17.5 Å². The van der Waals surface area contributed by atoms with Gasteiger partial charge in [-0.3, -0.25) is 9.74 Å². The molecule has 2 aliphatic rings. The van der Waals surface area contributed by atoms with E-state index in [9.17, 15) is 5.11 Å². The van der Waals surface area contributed by atoms with Crippen LogP contribution in [0, 0.1) is 6.92 Å². The van der Waals surface area contributed by atoms with Crippen molar-refractivity contribution in [3.63, 3.8) is 0 Å². The molecular weight excluding hydrogens is 334 g/mol. The van der Waals surface area contributed by atoms with E-state index in [4.69, 9.17) is 21.3 Å². The van der Waals surface area contributed by atoms with Crippen molar-refractivity contribution in [1.29, 1.82) is 0 Å². The van der Waals surface area contributed by atoms with Crippen molar-refractivity contribution < 1.29 is 14.8 Å². The van der Waals surface area contributed by atoms with Gasteiger partial charge in [0.1, 0.15) is 5.75 Å². The van der Waals surface area contributed by atoms with Gasteiger partial charge in [0.2, 0.25) is 6.35 Å². The standard InChI is InChI=1S/C15H14ClN5O3/c1-9-12(16)6-3-7-13(9)21-17-14(24-19-21)20(15-18-23-15)10-4-2-5-11(22)8-10/h2-8,15,18-19,22H,1H3. The van der Waals surface area contributed by atoms with Gasteiger partial charge in [-0.2, -0.15) is 5.12 Å². The fraction of sp³-hybridized carbons (Fsp3) is 0.133. The predicted molar refractivity (Wildman–Crippen MR) is 88.9 cm³/mol. The number of phenols is 1. The van der Waals surface area contributed by atoms with Crippen LogP contribution in [-0.2, 0) is 9.68 Å². The first-order valence-corrected chi connectivity index (χ1v) is 7.57. The van der Waals surface area contributed by atoms with Crippen molar-refractivity contribution >= 4 is 29.0 Å². The maximum absolute atomic E-state index is 9.69. The molecular formula is C15H14ClN5O3. The van der Waals surface area contributed by atoms with Crippen molar-refractivity contribution in [3.8, 4) is 5.75 Å². The Labute approximate surface area is 142 Å². The second kappa shape index (κ2) is 5.84. The first-order chi connectivity index (χ1) is 11.6. The lowest BCUT2D eigenvalue weighted by molar-refractivity contribution is 0.194. The number of nitrogens with zero attached hydrogens (tertiary/aromatic N) is 3. The summed E-state index contributed by atoms with van der Waals surface area (Å²) in [6.07, 6.45) is -0.423. The van der Waals surface area contributed by atoms with Crippen LogP contribution in [0.25, 0.3) is 0 Å². The van der Waals surface area contributed by atoms with Crippen LogP contribution in [0.3, 0.4) is 0 Å². The van der Waals surface area contributed by atoms with Crippen molar-refractivity contribution in [1.82, 2.24) is 11.1 Å². The molecule has 4 rings (SSSR count). The predicted octanol–water partition coefficient (Wildman–Crippen LogP) is 2.21. The molecule has 1 atom stereocenters. The second-order valence-electron chi connectivity index (χ2n) is 5.25. The molecule has 1 unspecified atom stereocenters. The number of hydrogen-bond donors (Lipinski definition) is 3. The van der Waals surface area contributed by atoms with Gasteiger partial charge in [-0.05, 0) is 42.3 Å². The quantitative estimate of drug-likeness (QED) is 0.733. The number of hydroxylamine groups is 1. The molecule has 0 bridgehead atoms. The Morgan fingerprint density at radius 3 is 2.83 bits per heavy atom. The summed E-state index contributed by atoms with van der Waals surface area (Å²) in [4.78, 5) is 12.3. The number of anilines is 2. The Hall–Kier alpha value is -2.52.